The number of amides is 1. The van der Waals surface area contributed by atoms with Crippen molar-refractivity contribution in [2.24, 2.45) is 7.05 Å². The topological polar surface area (TPSA) is 66.3 Å². The summed E-state index contributed by atoms with van der Waals surface area (Å²) in [6.07, 6.45) is 5.56. The summed E-state index contributed by atoms with van der Waals surface area (Å²) in [7, 11) is 1.91. The quantitative estimate of drug-likeness (QED) is 0.580. The van der Waals surface area contributed by atoms with Gasteiger partial charge in [-0.25, -0.2) is 4.39 Å². The molecule has 0 bridgehead atoms. The van der Waals surface area contributed by atoms with E-state index in [0.717, 1.165) is 30.9 Å². The van der Waals surface area contributed by atoms with Crippen LogP contribution in [0.5, 0.6) is 0 Å². The van der Waals surface area contributed by atoms with E-state index in [1.54, 1.807) is 29.1 Å². The van der Waals surface area contributed by atoms with Gasteiger partial charge in [0, 0.05) is 62.6 Å². The molecule has 0 aliphatic carbocycles. The Morgan fingerprint density at radius 1 is 1.24 bits per heavy atom. The number of fused-ring (bicyclic) bond motifs is 1. The van der Waals surface area contributed by atoms with Gasteiger partial charge in [-0.1, -0.05) is 44.2 Å². The lowest BCUT2D eigenvalue weighted by Gasteiger charge is -2.32. The number of hydrogen-bond acceptors (Lipinski definition) is 5. The number of halogens is 1. The zero-order chi connectivity index (χ0) is 26.8. The molecule has 3 aromatic rings. The molecular formula is C29H39FN6O. The van der Waals surface area contributed by atoms with E-state index in [9.17, 15) is 4.79 Å². The molecular weight excluding hydrogens is 467 g/mol. The molecule has 2 aliphatic heterocycles. The molecule has 2 atom stereocenters. The van der Waals surface area contributed by atoms with E-state index < -0.39 is 5.67 Å². The van der Waals surface area contributed by atoms with Crippen LogP contribution in [0.15, 0.2) is 55.0 Å². The van der Waals surface area contributed by atoms with E-state index in [-0.39, 0.29) is 11.3 Å². The van der Waals surface area contributed by atoms with Crippen molar-refractivity contribution in [2.75, 3.05) is 37.6 Å². The number of aromatic nitrogens is 3. The summed E-state index contributed by atoms with van der Waals surface area (Å²) in [4.78, 5) is 21.8. The lowest BCUT2D eigenvalue weighted by Crippen LogP contribution is -2.52. The largest absolute Gasteiger partial charge is 0.312 e. The number of rotatable bonds is 4. The normalized spacial score (nSPS) is 20.5. The standard InChI is InChI=1S/C24H31FN4O.C5H8N2/c1-17-14-28(11-10-26-17)15-22(30)29-16-23(2,3)19-13-27-21(12-20(19)29)24(4,25)18-8-6-5-7-9-18;1-5-3-6-7(2)4-5/h5-9,12-13,17,26H,10-11,14-16H2,1-4H3;3-4H,1-2H3. The first kappa shape index (κ1) is 26.9. The Bertz CT molecular complexity index is 1210. The third kappa shape index (κ3) is 6.08. The Morgan fingerprint density at radius 3 is 2.57 bits per heavy atom. The van der Waals surface area contributed by atoms with Gasteiger partial charge < -0.3 is 10.2 Å². The van der Waals surface area contributed by atoms with E-state index in [4.69, 9.17) is 0 Å². The zero-order valence-corrected chi connectivity index (χ0v) is 22.8. The molecule has 4 heterocycles. The van der Waals surface area contributed by atoms with Crippen LogP contribution in [-0.4, -0.2) is 64.3 Å². The molecule has 0 radical (unpaired) electrons. The first-order valence-electron chi connectivity index (χ1n) is 12.9. The lowest BCUT2D eigenvalue weighted by molar-refractivity contribution is -0.120. The first-order valence-corrected chi connectivity index (χ1v) is 12.9. The molecule has 1 aromatic carbocycles. The number of aryl methyl sites for hydroxylation is 2. The number of piperazine rings is 1. The smallest absolute Gasteiger partial charge is 0.241 e. The van der Waals surface area contributed by atoms with Gasteiger partial charge in [-0.2, -0.15) is 5.10 Å². The van der Waals surface area contributed by atoms with Crippen LogP contribution in [0.1, 0.15) is 50.1 Å². The highest BCUT2D eigenvalue weighted by Crippen LogP contribution is 2.43. The Kier molecular flexibility index (Phi) is 7.80. The maximum atomic E-state index is 15.8. The number of pyridine rings is 1. The highest BCUT2D eigenvalue weighted by Gasteiger charge is 2.41. The zero-order valence-electron chi connectivity index (χ0n) is 22.8. The van der Waals surface area contributed by atoms with Crippen molar-refractivity contribution in [3.63, 3.8) is 0 Å². The van der Waals surface area contributed by atoms with Crippen molar-refractivity contribution in [3.05, 3.63) is 77.4 Å². The monoisotopic (exact) mass is 506 g/mol. The van der Waals surface area contributed by atoms with Crippen molar-refractivity contribution in [1.29, 1.82) is 0 Å². The van der Waals surface area contributed by atoms with Crippen LogP contribution >= 0.6 is 0 Å². The summed E-state index contributed by atoms with van der Waals surface area (Å²) in [5.74, 6) is 0.0633. The molecule has 2 aromatic heterocycles. The molecule has 1 amide bonds. The summed E-state index contributed by atoms with van der Waals surface area (Å²) < 4.78 is 17.6. The summed E-state index contributed by atoms with van der Waals surface area (Å²) in [6, 6.07) is 11.2. The second kappa shape index (κ2) is 10.7. The van der Waals surface area contributed by atoms with Gasteiger partial charge in [0.1, 0.15) is 0 Å². The minimum absolute atomic E-state index is 0.0633. The van der Waals surface area contributed by atoms with E-state index >= 15 is 4.39 Å². The fourth-order valence-corrected chi connectivity index (χ4v) is 5.11. The van der Waals surface area contributed by atoms with Crippen LogP contribution in [-0.2, 0) is 22.9 Å². The molecule has 2 aliphatic rings. The third-order valence-electron chi connectivity index (χ3n) is 7.20. The third-order valence-corrected chi connectivity index (χ3v) is 7.20. The molecule has 1 fully saturated rings. The number of carbonyl (C=O) groups excluding carboxylic acids is 1. The minimum Gasteiger partial charge on any atom is -0.312 e. The summed E-state index contributed by atoms with van der Waals surface area (Å²) in [5, 5.41) is 7.34. The van der Waals surface area contributed by atoms with Crippen LogP contribution in [0.2, 0.25) is 0 Å². The Labute approximate surface area is 219 Å². The summed E-state index contributed by atoms with van der Waals surface area (Å²) in [5.41, 5.74) is 1.94. The number of hydrogen-bond donors (Lipinski definition) is 1. The number of anilines is 1. The van der Waals surface area contributed by atoms with Gasteiger partial charge in [-0.3, -0.25) is 19.4 Å². The molecule has 7 nitrogen and oxygen atoms in total. The average molecular weight is 507 g/mol. The fraction of sp³-hybridized carbons (Fsp3) is 0.483. The molecule has 2 unspecified atom stereocenters. The van der Waals surface area contributed by atoms with Gasteiger partial charge in [0.2, 0.25) is 5.91 Å². The molecule has 0 spiro atoms. The second-order valence-corrected chi connectivity index (χ2v) is 11.1. The van der Waals surface area contributed by atoms with Gasteiger partial charge in [0.15, 0.2) is 5.67 Å². The fourth-order valence-electron chi connectivity index (χ4n) is 5.11. The molecule has 37 heavy (non-hydrogen) atoms. The van der Waals surface area contributed by atoms with Gasteiger partial charge >= 0.3 is 0 Å². The molecule has 5 rings (SSSR count). The molecule has 198 valence electrons. The van der Waals surface area contributed by atoms with Gasteiger partial charge in [0.25, 0.3) is 0 Å². The first-order chi connectivity index (χ1) is 17.5. The SMILES string of the molecule is CC1CN(CC(=O)N2CC(C)(C)c3cnc(C(C)(F)c4ccccc4)cc32)CCN1.Cc1cnn(C)c1. The second-order valence-electron chi connectivity index (χ2n) is 11.1. The van der Waals surface area contributed by atoms with Gasteiger partial charge in [-0.05, 0) is 38.0 Å². The maximum absolute atomic E-state index is 15.8. The Hall–Kier alpha value is -3.10. The van der Waals surface area contributed by atoms with Crippen LogP contribution in [0.3, 0.4) is 0 Å². The number of benzene rings is 1. The summed E-state index contributed by atoms with van der Waals surface area (Å²) >= 11 is 0. The van der Waals surface area contributed by atoms with Crippen molar-refractivity contribution in [2.45, 2.75) is 51.7 Å². The lowest BCUT2D eigenvalue weighted by atomic mass is 9.87. The maximum Gasteiger partial charge on any atom is 0.241 e. The number of alkyl halides is 1. The van der Waals surface area contributed by atoms with Crippen LogP contribution in [0.4, 0.5) is 10.1 Å². The predicted octanol–water partition coefficient (Wildman–Crippen LogP) is 3.96. The Balaban J connectivity index is 0.000000396. The highest BCUT2D eigenvalue weighted by molar-refractivity contribution is 5.97. The average Bonchev–Trinajstić information content (AvgIpc) is 3.37. The van der Waals surface area contributed by atoms with Gasteiger partial charge in [0.05, 0.1) is 24.1 Å². The Morgan fingerprint density at radius 2 is 1.97 bits per heavy atom. The van der Waals surface area contributed by atoms with Crippen LogP contribution in [0.25, 0.3) is 0 Å². The van der Waals surface area contributed by atoms with E-state index in [1.807, 2.05) is 49.5 Å². The van der Waals surface area contributed by atoms with Crippen molar-refractivity contribution in [1.82, 2.24) is 25.0 Å². The van der Waals surface area contributed by atoms with Crippen molar-refractivity contribution >= 4 is 11.6 Å². The highest BCUT2D eigenvalue weighted by atomic mass is 19.1. The van der Waals surface area contributed by atoms with Crippen LogP contribution < -0.4 is 10.2 Å². The van der Waals surface area contributed by atoms with Crippen LogP contribution in [0, 0.1) is 6.92 Å². The van der Waals surface area contributed by atoms with Crippen molar-refractivity contribution < 1.29 is 9.18 Å². The number of carbonyl (C=O) groups is 1. The minimum atomic E-state index is -1.73. The number of nitrogens with one attached hydrogen (secondary N) is 1. The molecule has 0 saturated carbocycles. The number of nitrogens with zero attached hydrogens (tertiary/aromatic N) is 5. The van der Waals surface area contributed by atoms with E-state index in [1.165, 1.54) is 12.5 Å². The van der Waals surface area contributed by atoms with Crippen molar-refractivity contribution in [3.8, 4) is 0 Å². The molecule has 1 saturated heterocycles. The molecule has 8 heteroatoms. The predicted molar refractivity (Wildman–Crippen MR) is 145 cm³/mol. The summed E-state index contributed by atoms with van der Waals surface area (Å²) in [6.45, 7) is 13.5. The van der Waals surface area contributed by atoms with Gasteiger partial charge in [-0.15, -0.1) is 0 Å². The van der Waals surface area contributed by atoms with E-state index in [0.29, 0.717) is 30.4 Å². The van der Waals surface area contributed by atoms with E-state index in [2.05, 4.69) is 41.1 Å². The molecule has 1 N–H and O–H groups in total.